The second-order valence-electron chi connectivity index (χ2n) is 4.55. The summed E-state index contributed by atoms with van der Waals surface area (Å²) in [6.45, 7) is 1.39. The molecule has 0 aliphatic rings. The first kappa shape index (κ1) is 15.0. The minimum atomic E-state index is 0.0707. The maximum atomic E-state index is 9.00. The van der Waals surface area contributed by atoms with Gasteiger partial charge in [0.05, 0.1) is 6.61 Å². The fourth-order valence-corrected chi connectivity index (χ4v) is 2.26. The molecular weight excluding hydrogens is 318 g/mol. The molecule has 2 N–H and O–H groups in total. The predicted octanol–water partition coefficient (Wildman–Crippen LogP) is 3.24. The fourth-order valence-electron chi connectivity index (χ4n) is 1.87. The molecule has 0 radical (unpaired) electrons. The van der Waals surface area contributed by atoms with Crippen LogP contribution < -0.4 is 10.1 Å². The number of ether oxygens (including phenoxy) is 1. The molecule has 0 unspecified atom stereocenters. The molecular formula is C16H18BrNO2. The molecule has 0 aromatic heterocycles. The van der Waals surface area contributed by atoms with E-state index in [1.54, 1.807) is 0 Å². The van der Waals surface area contributed by atoms with Crippen LogP contribution in [-0.4, -0.2) is 12.2 Å². The number of hydrogen-bond donors (Lipinski definition) is 2. The van der Waals surface area contributed by atoms with Gasteiger partial charge in [0.15, 0.2) is 0 Å². The van der Waals surface area contributed by atoms with Crippen LogP contribution in [0.2, 0.25) is 0 Å². The van der Waals surface area contributed by atoms with Crippen LogP contribution in [0.4, 0.5) is 0 Å². The van der Waals surface area contributed by atoms with Crippen LogP contribution in [0.1, 0.15) is 16.7 Å². The molecule has 0 heterocycles. The normalized spacial score (nSPS) is 10.6. The monoisotopic (exact) mass is 335 g/mol. The molecule has 0 spiro atoms. The second kappa shape index (κ2) is 7.43. The van der Waals surface area contributed by atoms with Crippen molar-refractivity contribution in [3.8, 4) is 5.75 Å². The number of halogens is 1. The van der Waals surface area contributed by atoms with E-state index in [-0.39, 0.29) is 6.61 Å². The molecule has 0 amide bonds. The number of aliphatic hydroxyl groups excluding tert-OH is 1. The third-order valence-corrected chi connectivity index (χ3v) is 3.77. The zero-order chi connectivity index (χ0) is 14.4. The molecule has 106 valence electrons. The third-order valence-electron chi connectivity index (χ3n) is 3.00. The zero-order valence-electron chi connectivity index (χ0n) is 11.4. The molecule has 2 aromatic carbocycles. The minimum absolute atomic E-state index is 0.0707. The summed E-state index contributed by atoms with van der Waals surface area (Å²) in [6, 6.07) is 13.7. The Morgan fingerprint density at radius 2 is 1.80 bits per heavy atom. The highest BCUT2D eigenvalue weighted by Gasteiger charge is 2.02. The Hall–Kier alpha value is -1.36. The number of rotatable bonds is 6. The quantitative estimate of drug-likeness (QED) is 0.851. The lowest BCUT2D eigenvalue weighted by Crippen LogP contribution is -2.06. The molecule has 0 atom stereocenters. The van der Waals surface area contributed by atoms with Crippen molar-refractivity contribution in [3.05, 3.63) is 63.6 Å². The third kappa shape index (κ3) is 4.07. The Morgan fingerprint density at radius 1 is 1.10 bits per heavy atom. The van der Waals surface area contributed by atoms with Gasteiger partial charge in [0.2, 0.25) is 0 Å². The van der Waals surface area contributed by atoms with Gasteiger partial charge in [-0.3, -0.25) is 0 Å². The first-order valence-electron chi connectivity index (χ1n) is 6.47. The molecule has 0 saturated carbocycles. The summed E-state index contributed by atoms with van der Waals surface area (Å²) in [7, 11) is 1.92. The second-order valence-corrected chi connectivity index (χ2v) is 5.40. The summed E-state index contributed by atoms with van der Waals surface area (Å²) in [5, 5.41) is 12.1. The minimum Gasteiger partial charge on any atom is -0.489 e. The van der Waals surface area contributed by atoms with Crippen molar-refractivity contribution < 1.29 is 9.84 Å². The van der Waals surface area contributed by atoms with Crippen LogP contribution in [0, 0.1) is 0 Å². The van der Waals surface area contributed by atoms with Gasteiger partial charge in [0.1, 0.15) is 12.4 Å². The summed E-state index contributed by atoms with van der Waals surface area (Å²) >= 11 is 3.52. The molecule has 2 rings (SSSR count). The number of hydrogen-bond acceptors (Lipinski definition) is 3. The lowest BCUT2D eigenvalue weighted by molar-refractivity contribution is 0.281. The highest BCUT2D eigenvalue weighted by atomic mass is 79.9. The Kier molecular flexibility index (Phi) is 5.59. The molecule has 4 heteroatoms. The molecule has 20 heavy (non-hydrogen) atoms. The SMILES string of the molecule is CNCc1cc(OCc2ccc(CO)cc2)ccc1Br. The molecule has 0 saturated heterocycles. The molecule has 0 fully saturated rings. The molecule has 3 nitrogen and oxygen atoms in total. The van der Waals surface area contributed by atoms with Gasteiger partial charge in [-0.15, -0.1) is 0 Å². The number of benzene rings is 2. The van der Waals surface area contributed by atoms with Crippen molar-refractivity contribution in [1.82, 2.24) is 5.32 Å². The molecule has 0 aliphatic heterocycles. The average Bonchev–Trinajstić information content (AvgIpc) is 2.49. The summed E-state index contributed by atoms with van der Waals surface area (Å²) in [4.78, 5) is 0. The van der Waals surface area contributed by atoms with Crippen molar-refractivity contribution in [1.29, 1.82) is 0 Å². The van der Waals surface area contributed by atoms with Gasteiger partial charge in [-0.2, -0.15) is 0 Å². The van der Waals surface area contributed by atoms with Crippen molar-refractivity contribution in [2.75, 3.05) is 7.05 Å². The van der Waals surface area contributed by atoms with E-state index >= 15 is 0 Å². The Bertz CT molecular complexity index is 555. The fraction of sp³-hybridized carbons (Fsp3) is 0.250. The lowest BCUT2D eigenvalue weighted by atomic mass is 10.1. The van der Waals surface area contributed by atoms with Crippen molar-refractivity contribution in [2.45, 2.75) is 19.8 Å². The van der Waals surface area contributed by atoms with Gasteiger partial charge >= 0.3 is 0 Å². The van der Waals surface area contributed by atoms with Gasteiger partial charge in [0.25, 0.3) is 0 Å². The van der Waals surface area contributed by atoms with Crippen LogP contribution in [-0.2, 0) is 19.8 Å². The molecule has 0 aliphatic carbocycles. The van der Waals surface area contributed by atoms with Gasteiger partial charge in [0, 0.05) is 11.0 Å². The van der Waals surface area contributed by atoms with Crippen LogP contribution in [0.15, 0.2) is 46.9 Å². The summed E-state index contributed by atoms with van der Waals surface area (Å²) in [6.07, 6.45) is 0. The van der Waals surface area contributed by atoms with E-state index in [2.05, 4.69) is 21.2 Å². The zero-order valence-corrected chi connectivity index (χ0v) is 13.0. The van der Waals surface area contributed by atoms with Gasteiger partial charge in [-0.1, -0.05) is 40.2 Å². The maximum absolute atomic E-state index is 9.00. The molecule has 2 aromatic rings. The van der Waals surface area contributed by atoms with Crippen molar-refractivity contribution >= 4 is 15.9 Å². The van der Waals surface area contributed by atoms with Crippen molar-refractivity contribution in [2.24, 2.45) is 0 Å². The number of aliphatic hydroxyl groups is 1. The van der Waals surface area contributed by atoms with Crippen LogP contribution in [0.25, 0.3) is 0 Å². The van der Waals surface area contributed by atoms with E-state index < -0.39 is 0 Å². The maximum Gasteiger partial charge on any atom is 0.120 e. The summed E-state index contributed by atoms with van der Waals surface area (Å²) in [5.41, 5.74) is 3.16. The van der Waals surface area contributed by atoms with Gasteiger partial charge < -0.3 is 15.2 Å². The van der Waals surface area contributed by atoms with E-state index in [4.69, 9.17) is 9.84 Å². The Morgan fingerprint density at radius 3 is 2.45 bits per heavy atom. The van der Waals surface area contributed by atoms with E-state index in [1.807, 2.05) is 49.5 Å². The standard InChI is InChI=1S/C16H18BrNO2/c1-18-9-14-8-15(6-7-16(14)17)20-11-13-4-2-12(10-19)3-5-13/h2-8,18-19H,9-11H2,1H3. The average molecular weight is 336 g/mol. The first-order chi connectivity index (χ1) is 9.72. The smallest absolute Gasteiger partial charge is 0.120 e. The van der Waals surface area contributed by atoms with Gasteiger partial charge in [-0.25, -0.2) is 0 Å². The summed E-state index contributed by atoms with van der Waals surface area (Å²) < 4.78 is 6.87. The lowest BCUT2D eigenvalue weighted by Gasteiger charge is -2.10. The van der Waals surface area contributed by atoms with E-state index in [0.29, 0.717) is 6.61 Å². The van der Waals surface area contributed by atoms with Gasteiger partial charge in [-0.05, 0) is 41.9 Å². The van der Waals surface area contributed by atoms with Crippen molar-refractivity contribution in [3.63, 3.8) is 0 Å². The Labute approximate surface area is 127 Å². The Balaban J connectivity index is 2.00. The summed E-state index contributed by atoms with van der Waals surface area (Å²) in [5.74, 6) is 0.852. The predicted molar refractivity (Wildman–Crippen MR) is 83.6 cm³/mol. The topological polar surface area (TPSA) is 41.5 Å². The van der Waals surface area contributed by atoms with E-state index in [1.165, 1.54) is 5.56 Å². The first-order valence-corrected chi connectivity index (χ1v) is 7.26. The van der Waals surface area contributed by atoms with Crippen LogP contribution in [0.5, 0.6) is 5.75 Å². The van der Waals surface area contributed by atoms with Crippen LogP contribution >= 0.6 is 15.9 Å². The molecule has 0 bridgehead atoms. The highest BCUT2D eigenvalue weighted by molar-refractivity contribution is 9.10. The highest BCUT2D eigenvalue weighted by Crippen LogP contribution is 2.23. The van der Waals surface area contributed by atoms with Crippen LogP contribution in [0.3, 0.4) is 0 Å². The van der Waals surface area contributed by atoms with E-state index in [0.717, 1.165) is 27.9 Å². The number of nitrogens with one attached hydrogen (secondary N) is 1. The largest absolute Gasteiger partial charge is 0.489 e. The van der Waals surface area contributed by atoms with E-state index in [9.17, 15) is 0 Å².